The minimum Gasteiger partial charge on any atom is -0.480 e. The van der Waals surface area contributed by atoms with Gasteiger partial charge >= 0.3 is 5.97 Å². The molecule has 5 N–H and O–H groups in total. The van der Waals surface area contributed by atoms with Crippen molar-refractivity contribution >= 4 is 40.8 Å². The van der Waals surface area contributed by atoms with Gasteiger partial charge in [0.1, 0.15) is 6.04 Å². The average Bonchev–Trinajstić information content (AvgIpc) is 2.46. The second-order valence-electron chi connectivity index (χ2n) is 5.49. The topological polar surface area (TPSA) is 104 Å². The summed E-state index contributed by atoms with van der Waals surface area (Å²) in [6.07, 6.45) is 2.02. The van der Waals surface area contributed by atoms with Crippen LogP contribution in [-0.2, 0) is 9.59 Å². The number of hydrogen-bond acceptors (Lipinski definition) is 4. The molecule has 0 fully saturated rings. The molecule has 0 saturated heterocycles. The van der Waals surface area contributed by atoms with E-state index in [0.717, 1.165) is 6.42 Å². The Labute approximate surface area is 144 Å². The Bertz CT molecular complexity index is 610. The first-order valence-electron chi connectivity index (χ1n) is 7.40. The van der Waals surface area contributed by atoms with Crippen molar-refractivity contribution in [2.24, 2.45) is 5.73 Å². The first-order chi connectivity index (χ1) is 10.9. The molecule has 1 amide bonds. The molecule has 6 nitrogen and oxygen atoms in total. The number of fused-ring (bicyclic) bond motifs is 1. The van der Waals surface area contributed by atoms with Crippen LogP contribution in [0.25, 0.3) is 0 Å². The van der Waals surface area contributed by atoms with Crippen molar-refractivity contribution in [3.63, 3.8) is 0 Å². The summed E-state index contributed by atoms with van der Waals surface area (Å²) < 4.78 is 0. The van der Waals surface area contributed by atoms with Gasteiger partial charge in [-0.1, -0.05) is 23.2 Å². The van der Waals surface area contributed by atoms with Crippen molar-refractivity contribution in [1.82, 2.24) is 5.32 Å². The maximum Gasteiger partial charge on any atom is 0.326 e. The molecule has 1 heterocycles. The lowest BCUT2D eigenvalue weighted by Gasteiger charge is -2.32. The predicted molar refractivity (Wildman–Crippen MR) is 89.9 cm³/mol. The van der Waals surface area contributed by atoms with E-state index in [4.69, 9.17) is 28.9 Å². The predicted octanol–water partition coefficient (Wildman–Crippen LogP) is 2.55. The highest BCUT2D eigenvalue weighted by Gasteiger charge is 2.33. The zero-order chi connectivity index (χ0) is 17.0. The molecule has 2 unspecified atom stereocenters. The van der Waals surface area contributed by atoms with Crippen LogP contribution in [0.15, 0.2) is 12.1 Å². The van der Waals surface area contributed by atoms with Crippen molar-refractivity contribution in [3.8, 4) is 0 Å². The van der Waals surface area contributed by atoms with Gasteiger partial charge in [0.25, 0.3) is 0 Å². The highest BCUT2D eigenvalue weighted by Crippen LogP contribution is 2.39. The van der Waals surface area contributed by atoms with Gasteiger partial charge in [0.15, 0.2) is 0 Å². The zero-order valence-electron chi connectivity index (χ0n) is 12.4. The second-order valence-corrected chi connectivity index (χ2v) is 6.33. The quantitative estimate of drug-likeness (QED) is 0.584. The fourth-order valence-electron chi connectivity index (χ4n) is 2.65. The van der Waals surface area contributed by atoms with E-state index < -0.39 is 18.1 Å². The van der Waals surface area contributed by atoms with Crippen molar-refractivity contribution in [2.75, 3.05) is 11.9 Å². The number of rotatable bonds is 6. The molecule has 1 aromatic carbocycles. The Hall–Kier alpha value is -1.50. The largest absolute Gasteiger partial charge is 0.480 e. The normalized spacial score (nSPS) is 19.6. The first kappa shape index (κ1) is 17.8. The Balaban J connectivity index is 2.21. The second kappa shape index (κ2) is 7.86. The summed E-state index contributed by atoms with van der Waals surface area (Å²) in [5.74, 6) is -1.14. The molecule has 8 heteroatoms. The van der Waals surface area contributed by atoms with Gasteiger partial charge in [-0.15, -0.1) is 0 Å². The number of amides is 1. The molecule has 2 rings (SSSR count). The summed E-state index contributed by atoms with van der Waals surface area (Å²) in [6.45, 7) is 0.537. The van der Waals surface area contributed by atoms with Crippen LogP contribution in [-0.4, -0.2) is 29.6 Å². The molecule has 0 spiro atoms. The number of carbonyl (C=O) groups is 2. The minimum absolute atomic E-state index is 0.147. The molecule has 0 bridgehead atoms. The highest BCUT2D eigenvalue weighted by molar-refractivity contribution is 6.35. The van der Waals surface area contributed by atoms with E-state index >= 15 is 0 Å². The lowest BCUT2D eigenvalue weighted by molar-refractivity contribution is -0.138. The molecular weight excluding hydrogens is 341 g/mol. The van der Waals surface area contributed by atoms with E-state index in [-0.39, 0.29) is 12.3 Å². The van der Waals surface area contributed by atoms with E-state index in [1.54, 1.807) is 12.1 Å². The van der Waals surface area contributed by atoms with Crippen molar-refractivity contribution in [3.05, 3.63) is 27.7 Å². The van der Waals surface area contributed by atoms with E-state index in [0.29, 0.717) is 40.7 Å². The molecule has 0 aliphatic carbocycles. The van der Waals surface area contributed by atoms with Gasteiger partial charge in [-0.05, 0) is 31.5 Å². The van der Waals surface area contributed by atoms with Crippen molar-refractivity contribution in [2.45, 2.75) is 37.8 Å². The SMILES string of the molecule is NCCCCC(=O)NC1CC(C(=O)O)Nc2cc(Cl)cc(Cl)c21. The van der Waals surface area contributed by atoms with Gasteiger partial charge in [0, 0.05) is 34.1 Å². The number of carboxylic acids is 1. The van der Waals surface area contributed by atoms with Crippen LogP contribution >= 0.6 is 23.2 Å². The van der Waals surface area contributed by atoms with Crippen molar-refractivity contribution < 1.29 is 14.7 Å². The number of halogens is 2. The molecule has 1 aromatic rings. The molecule has 23 heavy (non-hydrogen) atoms. The van der Waals surface area contributed by atoms with Crippen LogP contribution in [0.5, 0.6) is 0 Å². The average molecular weight is 360 g/mol. The number of carbonyl (C=O) groups excluding carboxylic acids is 1. The van der Waals surface area contributed by atoms with Crippen LogP contribution in [0, 0.1) is 0 Å². The molecule has 126 valence electrons. The standard InChI is InChI=1S/C15H19Cl2N3O3/c16-8-5-9(17)14-10(6-8)19-12(15(22)23)7-11(14)20-13(21)3-1-2-4-18/h5-6,11-12,19H,1-4,7,18H2,(H,20,21)(H,22,23). The summed E-state index contributed by atoms with van der Waals surface area (Å²) >= 11 is 12.2. The zero-order valence-corrected chi connectivity index (χ0v) is 14.0. The lowest BCUT2D eigenvalue weighted by atomic mass is 9.92. The summed E-state index contributed by atoms with van der Waals surface area (Å²) in [6, 6.07) is 1.91. The number of hydrogen-bond donors (Lipinski definition) is 4. The third-order valence-electron chi connectivity index (χ3n) is 3.74. The van der Waals surface area contributed by atoms with Crippen LogP contribution in [0.4, 0.5) is 5.69 Å². The Morgan fingerprint density at radius 1 is 1.35 bits per heavy atom. The van der Waals surface area contributed by atoms with Gasteiger partial charge in [0.2, 0.25) is 5.91 Å². The number of aliphatic carboxylic acids is 1. The third-order valence-corrected chi connectivity index (χ3v) is 4.27. The number of unbranched alkanes of at least 4 members (excludes halogenated alkanes) is 1. The van der Waals surface area contributed by atoms with E-state index in [9.17, 15) is 14.7 Å². The summed E-state index contributed by atoms with van der Waals surface area (Å²) in [7, 11) is 0. The first-order valence-corrected chi connectivity index (χ1v) is 8.15. The lowest BCUT2D eigenvalue weighted by Crippen LogP contribution is -2.41. The summed E-state index contributed by atoms with van der Waals surface area (Å²) in [5, 5.41) is 15.8. The Kier molecular flexibility index (Phi) is 6.10. The molecule has 2 atom stereocenters. The van der Waals surface area contributed by atoms with Gasteiger partial charge in [0.05, 0.1) is 6.04 Å². The highest BCUT2D eigenvalue weighted by atomic mass is 35.5. The monoisotopic (exact) mass is 359 g/mol. The van der Waals surface area contributed by atoms with Crippen LogP contribution < -0.4 is 16.4 Å². The molecule has 1 aliphatic heterocycles. The molecule has 1 aliphatic rings. The fraction of sp³-hybridized carbons (Fsp3) is 0.467. The van der Waals surface area contributed by atoms with E-state index in [1.807, 2.05) is 0 Å². The van der Waals surface area contributed by atoms with Crippen molar-refractivity contribution in [1.29, 1.82) is 0 Å². The minimum atomic E-state index is -0.992. The van der Waals surface area contributed by atoms with Gasteiger partial charge < -0.3 is 21.5 Å². The Morgan fingerprint density at radius 3 is 2.74 bits per heavy atom. The Morgan fingerprint density at radius 2 is 2.09 bits per heavy atom. The van der Waals surface area contributed by atoms with Gasteiger partial charge in [-0.3, -0.25) is 4.79 Å². The smallest absolute Gasteiger partial charge is 0.326 e. The number of carboxylic acid groups (broad SMARTS) is 1. The molecule has 0 radical (unpaired) electrons. The van der Waals surface area contributed by atoms with Gasteiger partial charge in [-0.25, -0.2) is 4.79 Å². The van der Waals surface area contributed by atoms with Crippen LogP contribution in [0.1, 0.15) is 37.3 Å². The van der Waals surface area contributed by atoms with Crippen LogP contribution in [0.3, 0.4) is 0 Å². The molecular formula is C15H19Cl2N3O3. The number of nitrogens with one attached hydrogen (secondary N) is 2. The van der Waals surface area contributed by atoms with Crippen LogP contribution in [0.2, 0.25) is 10.0 Å². The van der Waals surface area contributed by atoms with E-state index in [2.05, 4.69) is 10.6 Å². The number of anilines is 1. The molecule has 0 saturated carbocycles. The van der Waals surface area contributed by atoms with E-state index in [1.165, 1.54) is 0 Å². The maximum atomic E-state index is 12.1. The van der Waals surface area contributed by atoms with Gasteiger partial charge in [-0.2, -0.15) is 0 Å². The summed E-state index contributed by atoms with van der Waals surface area (Å²) in [5.41, 5.74) is 6.62. The number of nitrogens with two attached hydrogens (primary N) is 1. The maximum absolute atomic E-state index is 12.1. The third kappa shape index (κ3) is 4.50. The number of benzene rings is 1. The molecule has 0 aromatic heterocycles. The summed E-state index contributed by atoms with van der Waals surface area (Å²) in [4.78, 5) is 23.4. The fourth-order valence-corrected chi connectivity index (χ4v) is 3.27.